The van der Waals surface area contributed by atoms with Crippen molar-refractivity contribution >= 4 is 38.4 Å². The van der Waals surface area contributed by atoms with Crippen molar-refractivity contribution in [2.75, 3.05) is 25.5 Å². The van der Waals surface area contributed by atoms with Crippen molar-refractivity contribution in [1.82, 2.24) is 4.90 Å². The van der Waals surface area contributed by atoms with E-state index < -0.39 is 21.6 Å². The van der Waals surface area contributed by atoms with Crippen LogP contribution >= 0.6 is 0 Å². The number of amides is 1. The number of carbonyl (C=O) groups is 1. The molecule has 0 radical (unpaired) electrons. The molecule has 10 heteroatoms. The fourth-order valence-electron chi connectivity index (χ4n) is 3.55. The Morgan fingerprint density at radius 3 is 2.64 bits per heavy atom. The number of aryl methyl sites for hydroxylation is 1. The number of nitrogens with one attached hydrogen (secondary N) is 1. The molecule has 2 aromatic carbocycles. The van der Waals surface area contributed by atoms with Crippen molar-refractivity contribution in [3.63, 3.8) is 0 Å². The molecule has 9 nitrogen and oxygen atoms in total. The van der Waals surface area contributed by atoms with E-state index in [0.717, 1.165) is 23.9 Å². The first kappa shape index (κ1) is 22.5. The molecular formula is C23H23N3O6S. The van der Waals surface area contributed by atoms with Gasteiger partial charge in [-0.25, -0.2) is 4.79 Å². The average Bonchev–Trinajstić information content (AvgIpc) is 3.16. The topological polar surface area (TPSA) is 118 Å². The zero-order chi connectivity index (χ0) is 23.6. The van der Waals surface area contributed by atoms with E-state index in [0.29, 0.717) is 29.3 Å². The van der Waals surface area contributed by atoms with Crippen LogP contribution in [0.15, 0.2) is 67.0 Å². The average molecular weight is 470 g/mol. The van der Waals surface area contributed by atoms with Gasteiger partial charge in [-0.2, -0.15) is 8.42 Å². The van der Waals surface area contributed by atoms with E-state index >= 15 is 0 Å². The zero-order valence-corrected chi connectivity index (χ0v) is 19.0. The zero-order valence-electron chi connectivity index (χ0n) is 18.2. The van der Waals surface area contributed by atoms with Gasteiger partial charge < -0.3 is 19.4 Å². The maximum absolute atomic E-state index is 12.5. The number of hydrogen-bond acceptors (Lipinski definition) is 6. The minimum absolute atomic E-state index is 0.0532. The Bertz CT molecular complexity index is 1390. The molecule has 1 N–H and O–H groups in total. The molecule has 33 heavy (non-hydrogen) atoms. The quantitative estimate of drug-likeness (QED) is 0.552. The Morgan fingerprint density at radius 1 is 1.18 bits per heavy atom. The number of rotatable bonds is 6. The standard InChI is InChI=1S/C23H23N3O6S/c1-15-12-23(28)32-20-13-17(7-10-19(15)20)31-14-22(27)24-16-5-8-18(9-6-16)33(29,30)25-21-4-3-11-26(21)2/h5-10,12-13H,3-4,11,14H2,1-2H3,(H,24,27)/b25-21-. The Kier molecular flexibility index (Phi) is 6.19. The predicted molar refractivity (Wildman–Crippen MR) is 124 cm³/mol. The summed E-state index contributed by atoms with van der Waals surface area (Å²) in [7, 11) is -2.00. The smallest absolute Gasteiger partial charge is 0.336 e. The molecule has 0 atom stereocenters. The van der Waals surface area contributed by atoms with Crippen LogP contribution in [0.25, 0.3) is 11.0 Å². The maximum atomic E-state index is 12.5. The summed E-state index contributed by atoms with van der Waals surface area (Å²) in [6.07, 6.45) is 1.51. The number of likely N-dealkylation sites (tertiary alicyclic amines) is 1. The van der Waals surface area contributed by atoms with Crippen molar-refractivity contribution in [3.8, 4) is 5.75 Å². The van der Waals surface area contributed by atoms with E-state index in [4.69, 9.17) is 9.15 Å². The van der Waals surface area contributed by atoms with E-state index in [9.17, 15) is 18.0 Å². The number of nitrogens with zero attached hydrogens (tertiary/aromatic N) is 2. The molecule has 1 saturated heterocycles. The molecule has 0 saturated carbocycles. The van der Waals surface area contributed by atoms with Crippen LogP contribution in [-0.2, 0) is 14.8 Å². The summed E-state index contributed by atoms with van der Waals surface area (Å²) in [5, 5.41) is 3.43. The summed E-state index contributed by atoms with van der Waals surface area (Å²) in [4.78, 5) is 25.7. The van der Waals surface area contributed by atoms with E-state index in [1.165, 1.54) is 30.3 Å². The second kappa shape index (κ2) is 9.07. The van der Waals surface area contributed by atoms with Gasteiger partial charge in [0.15, 0.2) is 6.61 Å². The van der Waals surface area contributed by atoms with Gasteiger partial charge in [-0.15, -0.1) is 4.40 Å². The predicted octanol–water partition coefficient (Wildman–Crippen LogP) is 2.93. The number of fused-ring (bicyclic) bond motifs is 1. The summed E-state index contributed by atoms with van der Waals surface area (Å²) in [6, 6.07) is 12.2. The molecule has 1 aromatic heterocycles. The molecule has 4 rings (SSSR count). The van der Waals surface area contributed by atoms with Gasteiger partial charge in [-0.1, -0.05) is 0 Å². The van der Waals surface area contributed by atoms with Crippen molar-refractivity contribution in [2.45, 2.75) is 24.7 Å². The van der Waals surface area contributed by atoms with Gasteiger partial charge in [-0.3, -0.25) is 4.79 Å². The van der Waals surface area contributed by atoms with Gasteiger partial charge in [0.1, 0.15) is 17.2 Å². The first-order valence-electron chi connectivity index (χ1n) is 10.3. The lowest BCUT2D eigenvalue weighted by molar-refractivity contribution is -0.118. The SMILES string of the molecule is Cc1cc(=O)oc2cc(OCC(=O)Nc3ccc(S(=O)(=O)/N=C4/CCCN4C)cc3)ccc12. The largest absolute Gasteiger partial charge is 0.484 e. The maximum Gasteiger partial charge on any atom is 0.336 e. The van der Waals surface area contributed by atoms with Gasteiger partial charge in [0.05, 0.1) is 4.90 Å². The second-order valence-electron chi connectivity index (χ2n) is 7.78. The molecule has 3 aromatic rings. The summed E-state index contributed by atoms with van der Waals surface area (Å²) in [5.74, 6) is 0.501. The van der Waals surface area contributed by atoms with E-state index in [1.807, 2.05) is 18.9 Å². The van der Waals surface area contributed by atoms with Crippen LogP contribution in [0.5, 0.6) is 5.75 Å². The second-order valence-corrected chi connectivity index (χ2v) is 9.38. The Morgan fingerprint density at radius 2 is 1.94 bits per heavy atom. The lowest BCUT2D eigenvalue weighted by Crippen LogP contribution is -2.20. The first-order valence-corrected chi connectivity index (χ1v) is 11.8. The van der Waals surface area contributed by atoms with Crippen molar-refractivity contribution in [2.24, 2.45) is 4.40 Å². The van der Waals surface area contributed by atoms with Crippen LogP contribution in [0.2, 0.25) is 0 Å². The van der Waals surface area contributed by atoms with Gasteiger partial charge in [0, 0.05) is 43.2 Å². The fraction of sp³-hybridized carbons (Fsp3) is 0.261. The number of amidine groups is 1. The summed E-state index contributed by atoms with van der Waals surface area (Å²) >= 11 is 0. The van der Waals surface area contributed by atoms with E-state index in [1.54, 1.807) is 18.2 Å². The molecule has 1 amide bonds. The van der Waals surface area contributed by atoms with Crippen LogP contribution in [0.4, 0.5) is 5.69 Å². The van der Waals surface area contributed by atoms with Crippen LogP contribution in [0.1, 0.15) is 18.4 Å². The Balaban J connectivity index is 1.38. The summed E-state index contributed by atoms with van der Waals surface area (Å²) < 4.78 is 39.6. The molecule has 1 aliphatic rings. The summed E-state index contributed by atoms with van der Waals surface area (Å²) in [5.41, 5.74) is 1.13. The molecule has 0 unspecified atom stereocenters. The normalized spacial score (nSPS) is 15.2. The van der Waals surface area contributed by atoms with Crippen molar-refractivity contribution in [3.05, 3.63) is 64.5 Å². The fourth-order valence-corrected chi connectivity index (χ4v) is 4.65. The van der Waals surface area contributed by atoms with Gasteiger partial charge in [0.25, 0.3) is 15.9 Å². The number of sulfonamides is 1. The third-order valence-corrected chi connectivity index (χ3v) is 6.61. The number of ether oxygens (including phenoxy) is 1. The highest BCUT2D eigenvalue weighted by molar-refractivity contribution is 7.90. The lowest BCUT2D eigenvalue weighted by atomic mass is 10.1. The van der Waals surface area contributed by atoms with Crippen LogP contribution < -0.4 is 15.7 Å². The Labute approximate surface area is 190 Å². The Hall–Kier alpha value is -3.66. The van der Waals surface area contributed by atoms with E-state index in [-0.39, 0.29) is 11.5 Å². The third kappa shape index (κ3) is 5.23. The summed E-state index contributed by atoms with van der Waals surface area (Å²) in [6.45, 7) is 2.32. The molecule has 1 aliphatic heterocycles. The van der Waals surface area contributed by atoms with Crippen LogP contribution in [0, 0.1) is 6.92 Å². The van der Waals surface area contributed by atoms with Gasteiger partial charge >= 0.3 is 5.63 Å². The minimum Gasteiger partial charge on any atom is -0.484 e. The number of benzene rings is 2. The third-order valence-electron chi connectivity index (χ3n) is 5.29. The van der Waals surface area contributed by atoms with Crippen LogP contribution in [0.3, 0.4) is 0 Å². The molecule has 0 bridgehead atoms. The number of hydrogen-bond donors (Lipinski definition) is 1. The van der Waals surface area contributed by atoms with Crippen molar-refractivity contribution in [1.29, 1.82) is 0 Å². The highest BCUT2D eigenvalue weighted by Crippen LogP contribution is 2.22. The molecule has 172 valence electrons. The molecule has 0 aliphatic carbocycles. The molecule has 0 spiro atoms. The van der Waals surface area contributed by atoms with Gasteiger partial charge in [-0.05, 0) is 55.3 Å². The lowest BCUT2D eigenvalue weighted by Gasteiger charge is -2.11. The van der Waals surface area contributed by atoms with E-state index in [2.05, 4.69) is 9.71 Å². The minimum atomic E-state index is -3.81. The number of anilines is 1. The van der Waals surface area contributed by atoms with Crippen molar-refractivity contribution < 1.29 is 22.4 Å². The molecule has 1 fully saturated rings. The highest BCUT2D eigenvalue weighted by Gasteiger charge is 2.20. The molecule has 2 heterocycles. The van der Waals surface area contributed by atoms with Gasteiger partial charge in [0.2, 0.25) is 0 Å². The monoisotopic (exact) mass is 469 g/mol. The first-order chi connectivity index (χ1) is 15.7. The molecular weight excluding hydrogens is 446 g/mol. The number of carbonyl (C=O) groups excluding carboxylic acids is 1. The van der Waals surface area contributed by atoms with Crippen LogP contribution in [-0.4, -0.2) is 45.3 Å². The highest BCUT2D eigenvalue weighted by atomic mass is 32.2.